The summed E-state index contributed by atoms with van der Waals surface area (Å²) in [7, 11) is 3.49. The second-order valence-corrected chi connectivity index (χ2v) is 4.87. The van der Waals surface area contributed by atoms with Crippen LogP contribution in [0.3, 0.4) is 0 Å². The van der Waals surface area contributed by atoms with Crippen molar-refractivity contribution in [2.75, 3.05) is 45.4 Å². The van der Waals surface area contributed by atoms with Gasteiger partial charge in [-0.1, -0.05) is 0 Å². The fraction of sp³-hybridized carbons (Fsp3) is 0.600. The van der Waals surface area contributed by atoms with Crippen LogP contribution in [0.1, 0.15) is 24.1 Å². The third-order valence-electron chi connectivity index (χ3n) is 3.48. The standard InChI is InChI=1S/C15H25FN2O2/c1-11-9-15(18(5-7-19)6-8-20-4)13(10-14(11)16)12(2)17-3/h9-10,12,17,19H,5-8H2,1-4H3. The van der Waals surface area contributed by atoms with E-state index in [1.807, 2.05) is 24.9 Å². The van der Waals surface area contributed by atoms with E-state index in [2.05, 4.69) is 5.32 Å². The molecule has 0 saturated carbocycles. The molecule has 0 radical (unpaired) electrons. The van der Waals surface area contributed by atoms with Gasteiger partial charge in [-0.3, -0.25) is 0 Å². The Bertz CT molecular complexity index is 427. The smallest absolute Gasteiger partial charge is 0.126 e. The molecular formula is C15H25FN2O2. The predicted molar refractivity (Wildman–Crippen MR) is 79.8 cm³/mol. The minimum Gasteiger partial charge on any atom is -0.395 e. The lowest BCUT2D eigenvalue weighted by Gasteiger charge is -2.28. The normalized spacial score (nSPS) is 12.5. The first-order chi connectivity index (χ1) is 9.54. The minimum absolute atomic E-state index is 0.0313. The highest BCUT2D eigenvalue weighted by atomic mass is 19.1. The van der Waals surface area contributed by atoms with Gasteiger partial charge in [0.15, 0.2) is 0 Å². The van der Waals surface area contributed by atoms with Gasteiger partial charge in [0.05, 0.1) is 13.2 Å². The molecule has 1 aromatic carbocycles. The van der Waals surface area contributed by atoms with Gasteiger partial charge in [-0.15, -0.1) is 0 Å². The number of nitrogens with one attached hydrogen (secondary N) is 1. The molecule has 1 aromatic rings. The van der Waals surface area contributed by atoms with E-state index in [1.54, 1.807) is 20.1 Å². The molecule has 0 saturated heterocycles. The van der Waals surface area contributed by atoms with Gasteiger partial charge in [0, 0.05) is 31.9 Å². The molecule has 0 aromatic heterocycles. The quantitative estimate of drug-likeness (QED) is 0.765. The van der Waals surface area contributed by atoms with E-state index in [0.29, 0.717) is 25.3 Å². The number of benzene rings is 1. The Balaban J connectivity index is 3.19. The number of aliphatic hydroxyl groups is 1. The molecule has 5 heteroatoms. The minimum atomic E-state index is -0.207. The number of aryl methyl sites for hydroxylation is 1. The molecule has 20 heavy (non-hydrogen) atoms. The average Bonchev–Trinajstić information content (AvgIpc) is 2.45. The van der Waals surface area contributed by atoms with Crippen molar-refractivity contribution in [2.24, 2.45) is 0 Å². The van der Waals surface area contributed by atoms with Crippen LogP contribution in [0.4, 0.5) is 10.1 Å². The molecule has 1 unspecified atom stereocenters. The lowest BCUT2D eigenvalue weighted by Crippen LogP contribution is -2.32. The fourth-order valence-electron chi connectivity index (χ4n) is 2.13. The number of hydrogen-bond donors (Lipinski definition) is 2. The van der Waals surface area contributed by atoms with Gasteiger partial charge in [-0.2, -0.15) is 0 Å². The SMILES string of the molecule is CNC(C)c1cc(F)c(C)cc1N(CCO)CCOC. The molecule has 0 heterocycles. The third-order valence-corrected chi connectivity index (χ3v) is 3.48. The summed E-state index contributed by atoms with van der Waals surface area (Å²) in [6.45, 7) is 5.50. The molecule has 0 amide bonds. The molecule has 4 nitrogen and oxygen atoms in total. The second-order valence-electron chi connectivity index (χ2n) is 4.87. The molecule has 114 valence electrons. The highest BCUT2D eigenvalue weighted by molar-refractivity contribution is 5.57. The molecule has 0 fully saturated rings. The van der Waals surface area contributed by atoms with Crippen LogP contribution in [-0.2, 0) is 4.74 Å². The highest BCUT2D eigenvalue weighted by Crippen LogP contribution is 2.29. The lowest BCUT2D eigenvalue weighted by molar-refractivity contribution is 0.203. The summed E-state index contributed by atoms with van der Waals surface area (Å²) in [5.41, 5.74) is 2.43. The Morgan fingerprint density at radius 3 is 2.65 bits per heavy atom. The number of anilines is 1. The second kappa shape index (κ2) is 8.19. The molecule has 1 rings (SSSR count). The van der Waals surface area contributed by atoms with Crippen LogP contribution < -0.4 is 10.2 Å². The summed E-state index contributed by atoms with van der Waals surface area (Å²) in [5, 5.41) is 12.4. The van der Waals surface area contributed by atoms with Crippen molar-refractivity contribution >= 4 is 5.69 Å². The first-order valence-electron chi connectivity index (χ1n) is 6.87. The van der Waals surface area contributed by atoms with Crippen molar-refractivity contribution in [2.45, 2.75) is 19.9 Å². The van der Waals surface area contributed by atoms with E-state index in [1.165, 1.54) is 0 Å². The van der Waals surface area contributed by atoms with Crippen molar-refractivity contribution in [3.05, 3.63) is 29.1 Å². The van der Waals surface area contributed by atoms with E-state index in [-0.39, 0.29) is 18.5 Å². The molecule has 0 bridgehead atoms. The van der Waals surface area contributed by atoms with Crippen LogP contribution in [0.25, 0.3) is 0 Å². The zero-order chi connectivity index (χ0) is 15.1. The van der Waals surface area contributed by atoms with Crippen LogP contribution in [0, 0.1) is 12.7 Å². The molecule has 1 atom stereocenters. The molecular weight excluding hydrogens is 259 g/mol. The predicted octanol–water partition coefficient (Wildman–Crippen LogP) is 1.86. The number of aliphatic hydroxyl groups excluding tert-OH is 1. The number of hydrogen-bond acceptors (Lipinski definition) is 4. The van der Waals surface area contributed by atoms with E-state index in [9.17, 15) is 9.50 Å². The Labute approximate surface area is 120 Å². The van der Waals surface area contributed by atoms with E-state index in [0.717, 1.165) is 11.3 Å². The number of halogens is 1. The monoisotopic (exact) mass is 284 g/mol. The van der Waals surface area contributed by atoms with Gasteiger partial charge in [0.2, 0.25) is 0 Å². The van der Waals surface area contributed by atoms with Crippen LogP contribution in [0.5, 0.6) is 0 Å². The summed E-state index contributed by atoms with van der Waals surface area (Å²) in [4.78, 5) is 2.03. The number of ether oxygens (including phenoxy) is 1. The van der Waals surface area contributed by atoms with Crippen LogP contribution in [0.2, 0.25) is 0 Å². The highest BCUT2D eigenvalue weighted by Gasteiger charge is 2.17. The Morgan fingerprint density at radius 2 is 2.10 bits per heavy atom. The maximum Gasteiger partial charge on any atom is 0.126 e. The summed E-state index contributed by atoms with van der Waals surface area (Å²) < 4.78 is 18.9. The molecule has 2 N–H and O–H groups in total. The maximum atomic E-state index is 13.8. The fourth-order valence-corrected chi connectivity index (χ4v) is 2.13. The van der Waals surface area contributed by atoms with Gasteiger partial charge in [-0.25, -0.2) is 4.39 Å². The summed E-state index contributed by atoms with van der Waals surface area (Å²) in [6.07, 6.45) is 0. The van der Waals surface area contributed by atoms with Crippen LogP contribution in [0.15, 0.2) is 12.1 Å². The summed E-state index contributed by atoms with van der Waals surface area (Å²) in [6, 6.07) is 3.44. The molecule has 0 aliphatic rings. The molecule has 0 spiro atoms. The maximum absolute atomic E-state index is 13.8. The number of methoxy groups -OCH3 is 1. The van der Waals surface area contributed by atoms with Crippen molar-refractivity contribution in [3.8, 4) is 0 Å². The number of nitrogens with zero attached hydrogens (tertiary/aromatic N) is 1. The Hall–Kier alpha value is -1.17. The Kier molecular flexibility index (Phi) is 6.91. The van der Waals surface area contributed by atoms with E-state index in [4.69, 9.17) is 4.74 Å². The zero-order valence-electron chi connectivity index (χ0n) is 12.7. The molecule has 0 aliphatic carbocycles. The third kappa shape index (κ3) is 4.16. The van der Waals surface area contributed by atoms with Crippen LogP contribution in [-0.4, -0.2) is 45.6 Å². The topological polar surface area (TPSA) is 44.7 Å². The van der Waals surface area contributed by atoms with Gasteiger partial charge in [0.25, 0.3) is 0 Å². The van der Waals surface area contributed by atoms with Gasteiger partial charge < -0.3 is 20.1 Å². The summed E-state index contributed by atoms with van der Waals surface area (Å²) >= 11 is 0. The average molecular weight is 284 g/mol. The van der Waals surface area contributed by atoms with Gasteiger partial charge in [-0.05, 0) is 44.2 Å². The van der Waals surface area contributed by atoms with E-state index < -0.39 is 0 Å². The first kappa shape index (κ1) is 16.9. The van der Waals surface area contributed by atoms with Crippen molar-refractivity contribution < 1.29 is 14.2 Å². The largest absolute Gasteiger partial charge is 0.395 e. The number of rotatable bonds is 8. The molecule has 0 aliphatic heterocycles. The van der Waals surface area contributed by atoms with Crippen molar-refractivity contribution in [1.82, 2.24) is 5.32 Å². The van der Waals surface area contributed by atoms with E-state index >= 15 is 0 Å². The van der Waals surface area contributed by atoms with Gasteiger partial charge >= 0.3 is 0 Å². The lowest BCUT2D eigenvalue weighted by atomic mass is 10.0. The summed E-state index contributed by atoms with van der Waals surface area (Å²) in [5.74, 6) is -0.207. The van der Waals surface area contributed by atoms with Crippen molar-refractivity contribution in [1.29, 1.82) is 0 Å². The van der Waals surface area contributed by atoms with Crippen molar-refractivity contribution in [3.63, 3.8) is 0 Å². The first-order valence-corrected chi connectivity index (χ1v) is 6.87. The van der Waals surface area contributed by atoms with Gasteiger partial charge in [0.1, 0.15) is 5.82 Å². The zero-order valence-corrected chi connectivity index (χ0v) is 12.7. The Morgan fingerprint density at radius 1 is 1.40 bits per heavy atom. The van der Waals surface area contributed by atoms with Crippen LogP contribution >= 0.6 is 0 Å².